The lowest BCUT2D eigenvalue weighted by molar-refractivity contribution is -0.126. The van der Waals surface area contributed by atoms with Crippen LogP contribution in [-0.4, -0.2) is 35.7 Å². The molecule has 19 heavy (non-hydrogen) atoms. The van der Waals surface area contributed by atoms with Crippen LogP contribution in [0.5, 0.6) is 0 Å². The van der Waals surface area contributed by atoms with E-state index in [0.29, 0.717) is 12.1 Å². The number of rotatable bonds is 2. The Hall–Kier alpha value is -2.06. The smallest absolute Gasteiger partial charge is 0.245 e. The number of nitrogens with one attached hydrogen (secondary N) is 1. The van der Waals surface area contributed by atoms with Crippen molar-refractivity contribution < 1.29 is 9.90 Å². The maximum Gasteiger partial charge on any atom is 0.245 e. The van der Waals surface area contributed by atoms with Gasteiger partial charge in [0, 0.05) is 12.2 Å². The molecule has 2 rings (SSSR count). The van der Waals surface area contributed by atoms with Crippen molar-refractivity contribution in [1.29, 1.82) is 5.26 Å². The van der Waals surface area contributed by atoms with Gasteiger partial charge in [0.1, 0.15) is 6.04 Å². The zero-order valence-corrected chi connectivity index (χ0v) is 11.1. The van der Waals surface area contributed by atoms with Crippen LogP contribution in [0.1, 0.15) is 19.4 Å². The lowest BCUT2D eigenvalue weighted by atomic mass is 9.97. The molecular weight excluding hydrogens is 242 g/mol. The average Bonchev–Trinajstić information content (AvgIpc) is 2.37. The van der Waals surface area contributed by atoms with Gasteiger partial charge >= 0.3 is 0 Å². The maximum atomic E-state index is 12.0. The summed E-state index contributed by atoms with van der Waals surface area (Å²) in [6.45, 7) is 4.19. The van der Waals surface area contributed by atoms with Crippen LogP contribution in [-0.2, 0) is 4.79 Å². The molecule has 1 heterocycles. The first-order valence-electron chi connectivity index (χ1n) is 6.16. The minimum atomic E-state index is -0.609. The standard InChI is InChI=1S/C14H17N3O2/c1-14(2)9-17(12(8-18)13(19)16-14)11-5-3-4-10(6-11)7-15/h3-6,12,18H,8-9H2,1-2H3,(H,16,19). The molecule has 1 aliphatic heterocycles. The Balaban J connectivity index is 2.38. The lowest BCUT2D eigenvalue weighted by Crippen LogP contribution is -2.66. The van der Waals surface area contributed by atoms with E-state index in [0.717, 1.165) is 5.69 Å². The summed E-state index contributed by atoms with van der Waals surface area (Å²) < 4.78 is 0. The van der Waals surface area contributed by atoms with Crippen molar-refractivity contribution in [3.63, 3.8) is 0 Å². The topological polar surface area (TPSA) is 76.4 Å². The predicted molar refractivity (Wildman–Crippen MR) is 71.6 cm³/mol. The molecule has 5 nitrogen and oxygen atoms in total. The van der Waals surface area contributed by atoms with Gasteiger partial charge in [-0.25, -0.2) is 0 Å². The van der Waals surface area contributed by atoms with Gasteiger partial charge in [-0.2, -0.15) is 5.26 Å². The van der Waals surface area contributed by atoms with Gasteiger partial charge in [0.15, 0.2) is 0 Å². The quantitative estimate of drug-likeness (QED) is 0.817. The summed E-state index contributed by atoms with van der Waals surface area (Å²) in [5.41, 5.74) is 0.949. The largest absolute Gasteiger partial charge is 0.394 e. The lowest BCUT2D eigenvalue weighted by Gasteiger charge is -2.44. The number of carbonyl (C=O) groups excluding carboxylic acids is 1. The van der Waals surface area contributed by atoms with Gasteiger partial charge in [0.05, 0.1) is 23.8 Å². The normalized spacial score (nSPS) is 21.7. The Morgan fingerprint density at radius 2 is 2.32 bits per heavy atom. The highest BCUT2D eigenvalue weighted by atomic mass is 16.3. The molecule has 1 amide bonds. The van der Waals surface area contributed by atoms with Crippen molar-refractivity contribution >= 4 is 11.6 Å². The third-order valence-corrected chi connectivity index (χ3v) is 3.19. The Labute approximate surface area is 112 Å². The maximum absolute atomic E-state index is 12.0. The van der Waals surface area contributed by atoms with Gasteiger partial charge in [-0.05, 0) is 32.0 Å². The van der Waals surface area contributed by atoms with E-state index in [1.54, 1.807) is 18.2 Å². The molecule has 1 aliphatic rings. The number of piperazine rings is 1. The number of aliphatic hydroxyl groups excluding tert-OH is 1. The second-order valence-electron chi connectivity index (χ2n) is 5.36. The summed E-state index contributed by atoms with van der Waals surface area (Å²) >= 11 is 0. The van der Waals surface area contributed by atoms with Crippen LogP contribution in [0.15, 0.2) is 24.3 Å². The SMILES string of the molecule is CC1(C)CN(c2cccc(C#N)c2)C(CO)C(=O)N1. The van der Waals surface area contributed by atoms with Crippen molar-refractivity contribution in [2.45, 2.75) is 25.4 Å². The molecule has 1 aromatic carbocycles. The highest BCUT2D eigenvalue weighted by Gasteiger charge is 2.38. The number of amides is 1. The summed E-state index contributed by atoms with van der Waals surface area (Å²) in [5, 5.41) is 21.2. The third-order valence-electron chi connectivity index (χ3n) is 3.19. The van der Waals surface area contributed by atoms with Crippen LogP contribution in [0.4, 0.5) is 5.69 Å². The van der Waals surface area contributed by atoms with Gasteiger partial charge in [-0.3, -0.25) is 4.79 Å². The molecule has 100 valence electrons. The summed E-state index contributed by atoms with van der Waals surface area (Å²) in [5.74, 6) is -0.193. The van der Waals surface area contributed by atoms with E-state index in [4.69, 9.17) is 5.26 Å². The fourth-order valence-corrected chi connectivity index (χ4v) is 2.34. The van der Waals surface area contributed by atoms with E-state index in [2.05, 4.69) is 11.4 Å². The van der Waals surface area contributed by atoms with Crippen LogP contribution in [0, 0.1) is 11.3 Å². The van der Waals surface area contributed by atoms with Crippen molar-refractivity contribution in [3.05, 3.63) is 29.8 Å². The second-order valence-corrected chi connectivity index (χ2v) is 5.36. The summed E-state index contributed by atoms with van der Waals surface area (Å²) in [7, 11) is 0. The molecule has 1 unspecified atom stereocenters. The fourth-order valence-electron chi connectivity index (χ4n) is 2.34. The number of hydrogen-bond donors (Lipinski definition) is 2. The van der Waals surface area contributed by atoms with Crippen LogP contribution < -0.4 is 10.2 Å². The molecule has 0 aliphatic carbocycles. The molecule has 1 saturated heterocycles. The molecule has 1 atom stereocenters. The minimum Gasteiger partial charge on any atom is -0.394 e. The van der Waals surface area contributed by atoms with E-state index >= 15 is 0 Å². The van der Waals surface area contributed by atoms with Crippen LogP contribution >= 0.6 is 0 Å². The number of aliphatic hydroxyl groups is 1. The molecular formula is C14H17N3O2. The van der Waals surface area contributed by atoms with Crippen LogP contribution in [0.25, 0.3) is 0 Å². The molecule has 0 saturated carbocycles. The molecule has 0 bridgehead atoms. The summed E-state index contributed by atoms with van der Waals surface area (Å²) in [6, 6.07) is 8.55. The Bertz CT molecular complexity index is 534. The molecule has 1 fully saturated rings. The predicted octanol–water partition coefficient (Wildman–Crippen LogP) is 0.634. The van der Waals surface area contributed by atoms with E-state index in [-0.39, 0.29) is 18.1 Å². The molecule has 2 N–H and O–H groups in total. The van der Waals surface area contributed by atoms with Crippen molar-refractivity contribution in [1.82, 2.24) is 5.32 Å². The summed E-state index contributed by atoms with van der Waals surface area (Å²) in [6.07, 6.45) is 0. The third kappa shape index (κ3) is 2.69. The number of nitriles is 1. The number of anilines is 1. The number of carbonyl (C=O) groups is 1. The zero-order chi connectivity index (χ0) is 14.0. The van der Waals surface area contributed by atoms with Gasteiger partial charge in [0.25, 0.3) is 0 Å². The van der Waals surface area contributed by atoms with E-state index in [1.165, 1.54) is 0 Å². The average molecular weight is 259 g/mol. The number of benzene rings is 1. The fraction of sp³-hybridized carbons (Fsp3) is 0.429. The molecule has 0 spiro atoms. The van der Waals surface area contributed by atoms with Gasteiger partial charge in [-0.1, -0.05) is 6.07 Å². The van der Waals surface area contributed by atoms with Gasteiger partial charge in [0.2, 0.25) is 5.91 Å². The molecule has 0 radical (unpaired) electrons. The highest BCUT2D eigenvalue weighted by molar-refractivity contribution is 5.87. The molecule has 1 aromatic rings. The Morgan fingerprint density at radius 1 is 1.58 bits per heavy atom. The monoisotopic (exact) mass is 259 g/mol. The molecule has 5 heteroatoms. The number of hydrogen-bond acceptors (Lipinski definition) is 4. The van der Waals surface area contributed by atoms with Crippen molar-refractivity contribution in [3.8, 4) is 6.07 Å². The van der Waals surface area contributed by atoms with Crippen LogP contribution in [0.3, 0.4) is 0 Å². The van der Waals surface area contributed by atoms with E-state index in [9.17, 15) is 9.90 Å². The first-order chi connectivity index (χ1) is 8.96. The van der Waals surface area contributed by atoms with Gasteiger partial charge in [-0.15, -0.1) is 0 Å². The highest BCUT2D eigenvalue weighted by Crippen LogP contribution is 2.24. The van der Waals surface area contributed by atoms with Crippen molar-refractivity contribution in [2.75, 3.05) is 18.1 Å². The first-order valence-corrected chi connectivity index (χ1v) is 6.16. The molecule has 0 aromatic heterocycles. The van der Waals surface area contributed by atoms with E-state index < -0.39 is 6.04 Å². The Kier molecular flexibility index (Phi) is 3.45. The van der Waals surface area contributed by atoms with Gasteiger partial charge < -0.3 is 15.3 Å². The zero-order valence-electron chi connectivity index (χ0n) is 11.1. The first kappa shape index (κ1) is 13.4. The summed E-state index contributed by atoms with van der Waals surface area (Å²) in [4.78, 5) is 13.8. The van der Waals surface area contributed by atoms with E-state index in [1.807, 2.05) is 24.8 Å². The van der Waals surface area contributed by atoms with Crippen LogP contribution in [0.2, 0.25) is 0 Å². The minimum absolute atomic E-state index is 0.193. The Morgan fingerprint density at radius 3 is 2.95 bits per heavy atom. The second kappa shape index (κ2) is 4.90. The number of nitrogens with zero attached hydrogens (tertiary/aromatic N) is 2. The van der Waals surface area contributed by atoms with Crippen molar-refractivity contribution in [2.24, 2.45) is 0 Å².